The lowest BCUT2D eigenvalue weighted by Gasteiger charge is -2.36. The summed E-state index contributed by atoms with van der Waals surface area (Å²) in [6.07, 6.45) is 9.24. The molecule has 1 saturated heterocycles. The molecule has 1 saturated carbocycles. The van der Waals surface area contributed by atoms with Crippen LogP contribution in [-0.2, 0) is 7.05 Å². The largest absolute Gasteiger partial charge is 0.349 e. The van der Waals surface area contributed by atoms with Crippen molar-refractivity contribution < 1.29 is 4.79 Å². The van der Waals surface area contributed by atoms with Crippen LogP contribution in [0.15, 0.2) is 36.5 Å². The van der Waals surface area contributed by atoms with Crippen molar-refractivity contribution in [2.24, 2.45) is 13.0 Å². The van der Waals surface area contributed by atoms with Gasteiger partial charge in [0.05, 0.1) is 11.8 Å². The van der Waals surface area contributed by atoms with Gasteiger partial charge in [-0.1, -0.05) is 43.2 Å². The van der Waals surface area contributed by atoms with Crippen LogP contribution in [0, 0.1) is 12.8 Å². The van der Waals surface area contributed by atoms with Crippen molar-refractivity contribution in [3.05, 3.63) is 53.3 Å². The number of piperidine rings is 1. The number of nitrogens with zero attached hydrogens (tertiary/aromatic N) is 3. The Hall–Kier alpha value is -2.14. The van der Waals surface area contributed by atoms with Crippen LogP contribution in [0.4, 0.5) is 0 Å². The maximum Gasteiger partial charge on any atom is 0.254 e. The number of carbonyl (C=O) groups is 1. The van der Waals surface area contributed by atoms with Gasteiger partial charge in [-0.3, -0.25) is 9.48 Å². The fraction of sp³-hybridized carbons (Fsp3) is 0.583. The summed E-state index contributed by atoms with van der Waals surface area (Å²) in [5.74, 6) is 1.48. The van der Waals surface area contributed by atoms with Crippen LogP contribution in [0.25, 0.3) is 0 Å². The van der Waals surface area contributed by atoms with Crippen LogP contribution in [0.3, 0.4) is 0 Å². The maximum atomic E-state index is 12.6. The molecular weight excluding hydrogens is 360 g/mol. The number of carbonyl (C=O) groups excluding carboxylic acids is 1. The summed E-state index contributed by atoms with van der Waals surface area (Å²) in [6, 6.07) is 11.4. The van der Waals surface area contributed by atoms with Gasteiger partial charge in [0.25, 0.3) is 5.91 Å². The van der Waals surface area contributed by atoms with E-state index >= 15 is 0 Å². The predicted molar refractivity (Wildman–Crippen MR) is 116 cm³/mol. The molecule has 0 bridgehead atoms. The molecule has 156 valence electrons. The van der Waals surface area contributed by atoms with E-state index in [0.29, 0.717) is 11.5 Å². The lowest BCUT2D eigenvalue weighted by Crippen LogP contribution is -2.46. The van der Waals surface area contributed by atoms with Crippen LogP contribution in [0.1, 0.15) is 66.1 Å². The number of likely N-dealkylation sites (tertiary alicyclic amines) is 1. The van der Waals surface area contributed by atoms with E-state index in [1.54, 1.807) is 10.9 Å². The quantitative estimate of drug-likeness (QED) is 0.808. The number of hydrogen-bond acceptors (Lipinski definition) is 3. The minimum Gasteiger partial charge on any atom is -0.349 e. The molecule has 1 aromatic heterocycles. The molecular formula is C24H34N4O. The monoisotopic (exact) mass is 394 g/mol. The number of benzene rings is 1. The zero-order chi connectivity index (χ0) is 20.2. The van der Waals surface area contributed by atoms with E-state index in [1.807, 2.05) is 14.0 Å². The highest BCUT2D eigenvalue weighted by Gasteiger charge is 2.30. The average Bonchev–Trinajstić information content (AvgIpc) is 3.39. The molecule has 0 radical (unpaired) electrons. The minimum absolute atomic E-state index is 0.0159. The zero-order valence-corrected chi connectivity index (χ0v) is 17.8. The molecule has 29 heavy (non-hydrogen) atoms. The number of amides is 1. The van der Waals surface area contributed by atoms with Gasteiger partial charge >= 0.3 is 0 Å². The van der Waals surface area contributed by atoms with Crippen LogP contribution >= 0.6 is 0 Å². The first-order valence-corrected chi connectivity index (χ1v) is 11.2. The van der Waals surface area contributed by atoms with Gasteiger partial charge in [0.1, 0.15) is 0 Å². The van der Waals surface area contributed by atoms with Crippen LogP contribution in [-0.4, -0.2) is 46.3 Å². The highest BCUT2D eigenvalue weighted by atomic mass is 16.1. The maximum absolute atomic E-state index is 12.6. The minimum atomic E-state index is 0.0159. The van der Waals surface area contributed by atoms with Crippen molar-refractivity contribution in [1.29, 1.82) is 0 Å². The Kier molecular flexibility index (Phi) is 6.34. The molecule has 1 aromatic carbocycles. The molecule has 2 heterocycles. The summed E-state index contributed by atoms with van der Waals surface area (Å²) in [7, 11) is 1.87. The normalized spacial score (nSPS) is 20.1. The Bertz CT molecular complexity index is 802. The molecule has 5 heteroatoms. The highest BCUT2D eigenvalue weighted by molar-refractivity contribution is 5.95. The smallest absolute Gasteiger partial charge is 0.254 e. The van der Waals surface area contributed by atoms with Crippen molar-refractivity contribution in [2.45, 2.75) is 57.4 Å². The molecule has 2 aromatic rings. The van der Waals surface area contributed by atoms with Gasteiger partial charge in [-0.25, -0.2) is 0 Å². The van der Waals surface area contributed by atoms with E-state index in [-0.39, 0.29) is 11.9 Å². The third kappa shape index (κ3) is 4.72. The van der Waals surface area contributed by atoms with E-state index in [0.717, 1.165) is 44.1 Å². The molecule has 1 amide bonds. The summed E-state index contributed by atoms with van der Waals surface area (Å²) < 4.78 is 1.75. The lowest BCUT2D eigenvalue weighted by molar-refractivity contribution is 0.0906. The second kappa shape index (κ2) is 9.12. The van der Waals surface area contributed by atoms with Crippen LogP contribution in [0.2, 0.25) is 0 Å². The Balaban J connectivity index is 1.32. The van der Waals surface area contributed by atoms with Crippen molar-refractivity contribution >= 4 is 5.91 Å². The Morgan fingerprint density at radius 3 is 2.45 bits per heavy atom. The fourth-order valence-corrected chi connectivity index (χ4v) is 5.11. The summed E-state index contributed by atoms with van der Waals surface area (Å²) >= 11 is 0. The Morgan fingerprint density at radius 1 is 1.14 bits per heavy atom. The summed E-state index contributed by atoms with van der Waals surface area (Å²) in [6.45, 7) is 5.22. The molecule has 0 spiro atoms. The zero-order valence-electron chi connectivity index (χ0n) is 17.8. The van der Waals surface area contributed by atoms with Crippen molar-refractivity contribution in [2.75, 3.05) is 19.6 Å². The predicted octanol–water partition coefficient (Wildman–Crippen LogP) is 3.90. The summed E-state index contributed by atoms with van der Waals surface area (Å²) in [5, 5.41) is 7.42. The SMILES string of the molecule is Cc1c(C(=O)NC2CCN(C[C@H](c3ccccc3)C3CCCC3)CC2)cnn1C. The highest BCUT2D eigenvalue weighted by Crippen LogP contribution is 2.38. The van der Waals surface area contributed by atoms with Gasteiger partial charge in [0, 0.05) is 38.4 Å². The van der Waals surface area contributed by atoms with Crippen LogP contribution < -0.4 is 5.32 Å². The summed E-state index contributed by atoms with van der Waals surface area (Å²) in [4.78, 5) is 15.2. The number of aromatic nitrogens is 2. The number of rotatable bonds is 6. The third-order valence-electron chi connectivity index (χ3n) is 7.05. The average molecular weight is 395 g/mol. The van der Waals surface area contributed by atoms with Gasteiger partial charge < -0.3 is 10.2 Å². The first-order chi connectivity index (χ1) is 14.1. The van der Waals surface area contributed by atoms with E-state index in [2.05, 4.69) is 45.6 Å². The number of hydrogen-bond donors (Lipinski definition) is 1. The topological polar surface area (TPSA) is 50.2 Å². The molecule has 5 nitrogen and oxygen atoms in total. The van der Waals surface area contributed by atoms with E-state index in [1.165, 1.54) is 31.2 Å². The summed E-state index contributed by atoms with van der Waals surface area (Å²) in [5.41, 5.74) is 3.12. The second-order valence-corrected chi connectivity index (χ2v) is 8.88. The van der Waals surface area contributed by atoms with E-state index in [4.69, 9.17) is 0 Å². The van der Waals surface area contributed by atoms with Gasteiger partial charge in [-0.2, -0.15) is 5.10 Å². The lowest BCUT2D eigenvalue weighted by atomic mass is 9.84. The van der Waals surface area contributed by atoms with Gasteiger partial charge in [0.2, 0.25) is 0 Å². The Labute approximate surface area is 174 Å². The molecule has 2 aliphatic rings. The third-order valence-corrected chi connectivity index (χ3v) is 7.05. The standard InChI is InChI=1S/C24H34N4O/c1-18-22(16-25-27(18)2)24(29)26-21-12-14-28(15-13-21)17-23(20-10-6-7-11-20)19-8-4-3-5-9-19/h3-5,8-9,16,20-21,23H,6-7,10-15,17H2,1-2H3,(H,26,29)/t23-/m1/s1. The van der Waals surface area contributed by atoms with Gasteiger partial charge in [-0.15, -0.1) is 0 Å². The van der Waals surface area contributed by atoms with Crippen molar-refractivity contribution in [3.63, 3.8) is 0 Å². The first-order valence-electron chi connectivity index (χ1n) is 11.2. The van der Waals surface area contributed by atoms with Crippen molar-refractivity contribution in [1.82, 2.24) is 20.0 Å². The van der Waals surface area contributed by atoms with E-state index in [9.17, 15) is 4.79 Å². The van der Waals surface area contributed by atoms with Gasteiger partial charge in [-0.05, 0) is 50.0 Å². The molecule has 1 N–H and O–H groups in total. The Morgan fingerprint density at radius 2 is 1.83 bits per heavy atom. The molecule has 1 aliphatic heterocycles. The number of aryl methyl sites for hydroxylation is 1. The molecule has 4 rings (SSSR count). The van der Waals surface area contributed by atoms with Crippen molar-refractivity contribution in [3.8, 4) is 0 Å². The number of nitrogens with one attached hydrogen (secondary N) is 1. The molecule has 1 atom stereocenters. The molecule has 2 fully saturated rings. The second-order valence-electron chi connectivity index (χ2n) is 8.88. The van der Waals surface area contributed by atoms with Crippen LogP contribution in [0.5, 0.6) is 0 Å². The fourth-order valence-electron chi connectivity index (χ4n) is 5.11. The van der Waals surface area contributed by atoms with Gasteiger partial charge in [0.15, 0.2) is 0 Å². The molecule has 1 aliphatic carbocycles. The first kappa shape index (κ1) is 20.1. The molecule has 0 unspecified atom stereocenters. The van der Waals surface area contributed by atoms with E-state index < -0.39 is 0 Å².